The van der Waals surface area contributed by atoms with Gasteiger partial charge in [0.05, 0.1) is 10.6 Å². The van der Waals surface area contributed by atoms with E-state index in [1.54, 1.807) is 0 Å². The third kappa shape index (κ3) is 5.28. The lowest BCUT2D eigenvalue weighted by Gasteiger charge is -2.16. The zero-order valence-corrected chi connectivity index (χ0v) is 16.4. The topological polar surface area (TPSA) is 75.7 Å². The van der Waals surface area contributed by atoms with Crippen molar-refractivity contribution in [3.05, 3.63) is 53.8 Å². The fourth-order valence-electron chi connectivity index (χ4n) is 2.96. The standard InChI is InChI=1S/C19H18F4N2O4S/c20-14-6-7-17(29-12-19(21,22)23)16(11-14)24-18(26)13-4-3-5-15(10-13)30(27,28)25-8-1-2-9-25/h3-7,10-11H,1-2,8-9,12H2,(H,24,26). The van der Waals surface area contributed by atoms with Crippen molar-refractivity contribution in [2.24, 2.45) is 0 Å². The summed E-state index contributed by atoms with van der Waals surface area (Å²) in [6.45, 7) is -0.838. The van der Waals surface area contributed by atoms with Crippen molar-refractivity contribution in [1.29, 1.82) is 0 Å². The summed E-state index contributed by atoms with van der Waals surface area (Å²) in [6, 6.07) is 7.91. The van der Waals surface area contributed by atoms with Crippen LogP contribution in [0.5, 0.6) is 5.75 Å². The van der Waals surface area contributed by atoms with Gasteiger partial charge in [-0.25, -0.2) is 12.8 Å². The lowest BCUT2D eigenvalue weighted by molar-refractivity contribution is -0.153. The van der Waals surface area contributed by atoms with E-state index in [0.29, 0.717) is 13.1 Å². The van der Waals surface area contributed by atoms with Gasteiger partial charge in [0, 0.05) is 24.7 Å². The molecule has 11 heteroatoms. The number of ether oxygens (including phenoxy) is 1. The molecule has 0 unspecified atom stereocenters. The Bertz CT molecular complexity index is 1040. The quantitative estimate of drug-likeness (QED) is 0.685. The van der Waals surface area contributed by atoms with Gasteiger partial charge in [0.1, 0.15) is 11.6 Å². The summed E-state index contributed by atoms with van der Waals surface area (Å²) >= 11 is 0. The van der Waals surface area contributed by atoms with E-state index < -0.39 is 34.5 Å². The minimum Gasteiger partial charge on any atom is -0.482 e. The highest BCUT2D eigenvalue weighted by atomic mass is 32.2. The van der Waals surface area contributed by atoms with Crippen LogP contribution in [-0.2, 0) is 10.0 Å². The smallest absolute Gasteiger partial charge is 0.422 e. The Morgan fingerprint density at radius 2 is 1.80 bits per heavy atom. The molecule has 2 aromatic rings. The highest BCUT2D eigenvalue weighted by Gasteiger charge is 2.29. The number of carbonyl (C=O) groups is 1. The first-order valence-electron chi connectivity index (χ1n) is 8.97. The van der Waals surface area contributed by atoms with Gasteiger partial charge in [-0.2, -0.15) is 17.5 Å². The van der Waals surface area contributed by atoms with Gasteiger partial charge in [-0.1, -0.05) is 6.07 Å². The first-order valence-corrected chi connectivity index (χ1v) is 10.4. The maximum Gasteiger partial charge on any atom is 0.422 e. The van der Waals surface area contributed by atoms with Gasteiger partial charge in [0.25, 0.3) is 5.91 Å². The summed E-state index contributed by atoms with van der Waals surface area (Å²) in [7, 11) is -3.76. The Hall–Kier alpha value is -2.66. The van der Waals surface area contributed by atoms with E-state index in [-0.39, 0.29) is 21.9 Å². The fourth-order valence-corrected chi connectivity index (χ4v) is 4.52. The Morgan fingerprint density at radius 3 is 2.47 bits per heavy atom. The Kier molecular flexibility index (Phi) is 6.32. The molecular formula is C19H18F4N2O4S. The predicted molar refractivity (Wildman–Crippen MR) is 100 cm³/mol. The van der Waals surface area contributed by atoms with Gasteiger partial charge >= 0.3 is 6.18 Å². The lowest BCUT2D eigenvalue weighted by atomic mass is 10.2. The second-order valence-electron chi connectivity index (χ2n) is 6.64. The first-order chi connectivity index (χ1) is 14.1. The number of anilines is 1. The van der Waals surface area contributed by atoms with E-state index in [4.69, 9.17) is 0 Å². The van der Waals surface area contributed by atoms with E-state index in [1.165, 1.54) is 28.6 Å². The molecule has 3 rings (SSSR count). The molecule has 1 saturated heterocycles. The van der Waals surface area contributed by atoms with Crippen molar-refractivity contribution in [3.63, 3.8) is 0 Å². The van der Waals surface area contributed by atoms with Crippen LogP contribution in [0, 0.1) is 5.82 Å². The molecule has 0 atom stereocenters. The fraction of sp³-hybridized carbons (Fsp3) is 0.316. The Balaban J connectivity index is 1.82. The summed E-state index contributed by atoms with van der Waals surface area (Å²) in [6.07, 6.45) is -3.12. The molecule has 1 fully saturated rings. The van der Waals surface area contributed by atoms with Gasteiger partial charge in [-0.3, -0.25) is 4.79 Å². The van der Waals surface area contributed by atoms with Gasteiger partial charge in [0.2, 0.25) is 10.0 Å². The molecule has 0 radical (unpaired) electrons. The molecule has 2 aromatic carbocycles. The summed E-state index contributed by atoms with van der Waals surface area (Å²) in [5, 5.41) is 2.27. The van der Waals surface area contributed by atoms with E-state index in [0.717, 1.165) is 31.0 Å². The number of hydrogen-bond acceptors (Lipinski definition) is 4. The zero-order chi connectivity index (χ0) is 21.9. The molecule has 1 aliphatic heterocycles. The number of sulfonamides is 1. The number of rotatable bonds is 6. The highest BCUT2D eigenvalue weighted by Crippen LogP contribution is 2.28. The number of carbonyl (C=O) groups excluding carboxylic acids is 1. The van der Waals surface area contributed by atoms with Crippen molar-refractivity contribution in [2.45, 2.75) is 23.9 Å². The van der Waals surface area contributed by atoms with Crippen LogP contribution in [0.2, 0.25) is 0 Å². The monoisotopic (exact) mass is 446 g/mol. The third-order valence-electron chi connectivity index (χ3n) is 4.38. The van der Waals surface area contributed by atoms with E-state index >= 15 is 0 Å². The summed E-state index contributed by atoms with van der Waals surface area (Å²) in [5.74, 6) is -1.99. The molecule has 0 bridgehead atoms. The highest BCUT2D eigenvalue weighted by molar-refractivity contribution is 7.89. The zero-order valence-electron chi connectivity index (χ0n) is 15.6. The number of alkyl halides is 3. The van der Waals surface area contributed by atoms with E-state index in [9.17, 15) is 30.8 Å². The second-order valence-corrected chi connectivity index (χ2v) is 8.58. The summed E-state index contributed by atoms with van der Waals surface area (Å²) < 4.78 is 82.1. The average Bonchev–Trinajstić information content (AvgIpc) is 3.22. The molecule has 0 saturated carbocycles. The SMILES string of the molecule is O=C(Nc1cc(F)ccc1OCC(F)(F)F)c1cccc(S(=O)(=O)N2CCCC2)c1. The van der Waals surface area contributed by atoms with Gasteiger partial charge in [-0.05, 0) is 43.2 Å². The van der Waals surface area contributed by atoms with Crippen molar-refractivity contribution in [1.82, 2.24) is 4.31 Å². The van der Waals surface area contributed by atoms with Crippen LogP contribution in [0.4, 0.5) is 23.2 Å². The van der Waals surface area contributed by atoms with Crippen LogP contribution >= 0.6 is 0 Å². The molecule has 162 valence electrons. The van der Waals surface area contributed by atoms with Gasteiger partial charge in [-0.15, -0.1) is 0 Å². The minimum absolute atomic E-state index is 0.0543. The van der Waals surface area contributed by atoms with E-state index in [2.05, 4.69) is 10.1 Å². The van der Waals surface area contributed by atoms with E-state index in [1.807, 2.05) is 0 Å². The molecule has 1 amide bonds. The van der Waals surface area contributed by atoms with Crippen LogP contribution in [0.15, 0.2) is 47.4 Å². The van der Waals surface area contributed by atoms with Crippen LogP contribution in [0.3, 0.4) is 0 Å². The lowest BCUT2D eigenvalue weighted by Crippen LogP contribution is -2.28. The van der Waals surface area contributed by atoms with Crippen molar-refractivity contribution in [3.8, 4) is 5.75 Å². The number of nitrogens with zero attached hydrogens (tertiary/aromatic N) is 1. The molecule has 0 spiro atoms. The summed E-state index contributed by atoms with van der Waals surface area (Å²) in [4.78, 5) is 12.5. The first kappa shape index (κ1) is 22.0. The molecule has 1 aliphatic rings. The maximum absolute atomic E-state index is 13.6. The normalized spacial score (nSPS) is 15.2. The Labute approximate surface area is 170 Å². The van der Waals surface area contributed by atoms with Crippen LogP contribution in [0.25, 0.3) is 0 Å². The van der Waals surface area contributed by atoms with Crippen molar-refractivity contribution >= 4 is 21.6 Å². The number of benzene rings is 2. The molecule has 1 N–H and O–H groups in total. The number of nitrogens with one attached hydrogen (secondary N) is 1. The Morgan fingerprint density at radius 1 is 1.10 bits per heavy atom. The van der Waals surface area contributed by atoms with Crippen LogP contribution in [0.1, 0.15) is 23.2 Å². The molecule has 6 nitrogen and oxygen atoms in total. The number of halogens is 4. The molecular weight excluding hydrogens is 428 g/mol. The van der Waals surface area contributed by atoms with Crippen LogP contribution in [-0.4, -0.2) is 44.5 Å². The average molecular weight is 446 g/mol. The second kappa shape index (κ2) is 8.60. The predicted octanol–water partition coefficient (Wildman–Crippen LogP) is 3.80. The minimum atomic E-state index is -4.62. The van der Waals surface area contributed by atoms with Crippen molar-refractivity contribution in [2.75, 3.05) is 25.0 Å². The molecule has 0 aromatic heterocycles. The third-order valence-corrected chi connectivity index (χ3v) is 6.27. The molecule has 30 heavy (non-hydrogen) atoms. The molecule has 0 aliphatic carbocycles. The van der Waals surface area contributed by atoms with Gasteiger partial charge in [0.15, 0.2) is 6.61 Å². The van der Waals surface area contributed by atoms with Gasteiger partial charge < -0.3 is 10.1 Å². The maximum atomic E-state index is 13.6. The number of hydrogen-bond donors (Lipinski definition) is 1. The number of amides is 1. The van der Waals surface area contributed by atoms with Crippen molar-refractivity contribution < 1.29 is 35.5 Å². The van der Waals surface area contributed by atoms with Crippen LogP contribution < -0.4 is 10.1 Å². The largest absolute Gasteiger partial charge is 0.482 e. The summed E-state index contributed by atoms with van der Waals surface area (Å²) in [5.41, 5.74) is -0.363. The molecule has 1 heterocycles.